The van der Waals surface area contributed by atoms with Crippen LogP contribution in [0, 0.1) is 5.92 Å². The topological polar surface area (TPSA) is 73.2 Å². The standard InChI is InChI=1S/C13H21N3O3/c1-5-19-13(18)11-7-15-16(8-11)10(4)12(17)14-6-9(2)3/h7-10H,5-6H2,1-4H3,(H,14,17). The minimum atomic E-state index is -0.457. The molecule has 0 radical (unpaired) electrons. The van der Waals surface area contributed by atoms with Crippen LogP contribution >= 0.6 is 0 Å². The van der Waals surface area contributed by atoms with Gasteiger partial charge in [0.1, 0.15) is 6.04 Å². The molecule has 1 rings (SSSR count). The molecule has 1 aromatic rings. The maximum atomic E-state index is 11.9. The Hall–Kier alpha value is -1.85. The summed E-state index contributed by atoms with van der Waals surface area (Å²) < 4.78 is 6.33. The second kappa shape index (κ2) is 6.92. The summed E-state index contributed by atoms with van der Waals surface area (Å²) in [6.07, 6.45) is 2.93. The summed E-state index contributed by atoms with van der Waals surface area (Å²) in [7, 11) is 0. The lowest BCUT2D eigenvalue weighted by Gasteiger charge is -2.13. The predicted octanol–water partition coefficient (Wildman–Crippen LogP) is 1.39. The molecule has 0 saturated heterocycles. The Bertz CT molecular complexity index is 440. The lowest BCUT2D eigenvalue weighted by Crippen LogP contribution is -2.33. The van der Waals surface area contributed by atoms with Crippen molar-refractivity contribution < 1.29 is 14.3 Å². The van der Waals surface area contributed by atoms with Crippen LogP contribution in [0.25, 0.3) is 0 Å². The summed E-state index contributed by atoms with van der Waals surface area (Å²) in [4.78, 5) is 23.4. The largest absolute Gasteiger partial charge is 0.462 e. The third-order valence-corrected chi connectivity index (χ3v) is 2.57. The van der Waals surface area contributed by atoms with E-state index in [1.54, 1.807) is 13.8 Å². The number of nitrogens with one attached hydrogen (secondary N) is 1. The van der Waals surface area contributed by atoms with Gasteiger partial charge in [-0.3, -0.25) is 9.48 Å². The molecule has 106 valence electrons. The normalized spacial score (nSPS) is 12.3. The zero-order valence-electron chi connectivity index (χ0n) is 11.8. The highest BCUT2D eigenvalue weighted by Crippen LogP contribution is 2.08. The number of hydrogen-bond donors (Lipinski definition) is 1. The molecule has 0 aromatic carbocycles. The summed E-state index contributed by atoms with van der Waals surface area (Å²) in [5.74, 6) is -0.153. The van der Waals surface area contributed by atoms with Crippen molar-refractivity contribution in [2.24, 2.45) is 5.92 Å². The van der Waals surface area contributed by atoms with Gasteiger partial charge in [0.05, 0.1) is 18.4 Å². The molecule has 6 heteroatoms. The van der Waals surface area contributed by atoms with Crippen LogP contribution < -0.4 is 5.32 Å². The minimum absolute atomic E-state index is 0.118. The molecule has 0 aliphatic heterocycles. The van der Waals surface area contributed by atoms with Gasteiger partial charge in [-0.1, -0.05) is 13.8 Å². The van der Waals surface area contributed by atoms with Crippen LogP contribution in [0.3, 0.4) is 0 Å². The third kappa shape index (κ3) is 4.39. The van der Waals surface area contributed by atoms with Crippen LogP contribution in [0.1, 0.15) is 44.1 Å². The van der Waals surface area contributed by atoms with E-state index in [-0.39, 0.29) is 5.91 Å². The van der Waals surface area contributed by atoms with Crippen molar-refractivity contribution in [2.45, 2.75) is 33.7 Å². The smallest absolute Gasteiger partial charge is 0.341 e. The van der Waals surface area contributed by atoms with Crippen LogP contribution in [0.15, 0.2) is 12.4 Å². The molecule has 19 heavy (non-hydrogen) atoms. The van der Waals surface area contributed by atoms with Crippen molar-refractivity contribution in [1.29, 1.82) is 0 Å². The molecular weight excluding hydrogens is 246 g/mol. The van der Waals surface area contributed by atoms with Crippen molar-refractivity contribution in [3.05, 3.63) is 18.0 Å². The molecule has 6 nitrogen and oxygen atoms in total. The second-order valence-corrected chi connectivity index (χ2v) is 4.74. The third-order valence-electron chi connectivity index (χ3n) is 2.57. The molecule has 1 aromatic heterocycles. The van der Waals surface area contributed by atoms with Crippen molar-refractivity contribution in [1.82, 2.24) is 15.1 Å². The van der Waals surface area contributed by atoms with E-state index >= 15 is 0 Å². The molecule has 1 N–H and O–H groups in total. The number of carbonyl (C=O) groups is 2. The molecule has 0 fully saturated rings. The fourth-order valence-corrected chi connectivity index (χ4v) is 1.44. The van der Waals surface area contributed by atoms with Crippen LogP contribution in [-0.4, -0.2) is 34.8 Å². The molecular formula is C13H21N3O3. The fourth-order valence-electron chi connectivity index (χ4n) is 1.44. The molecule has 1 heterocycles. The minimum Gasteiger partial charge on any atom is -0.462 e. The zero-order chi connectivity index (χ0) is 14.4. The second-order valence-electron chi connectivity index (χ2n) is 4.74. The quantitative estimate of drug-likeness (QED) is 0.790. The van der Waals surface area contributed by atoms with E-state index in [4.69, 9.17) is 4.74 Å². The van der Waals surface area contributed by atoms with E-state index in [9.17, 15) is 9.59 Å². The van der Waals surface area contributed by atoms with E-state index in [1.807, 2.05) is 13.8 Å². The van der Waals surface area contributed by atoms with Gasteiger partial charge in [-0.25, -0.2) is 4.79 Å². The van der Waals surface area contributed by atoms with Crippen molar-refractivity contribution in [2.75, 3.05) is 13.2 Å². The average Bonchev–Trinajstić information content (AvgIpc) is 2.84. The van der Waals surface area contributed by atoms with Gasteiger partial charge in [0, 0.05) is 12.7 Å². The predicted molar refractivity (Wildman–Crippen MR) is 70.7 cm³/mol. The lowest BCUT2D eigenvalue weighted by atomic mass is 10.2. The Morgan fingerprint density at radius 2 is 2.11 bits per heavy atom. The highest BCUT2D eigenvalue weighted by atomic mass is 16.5. The van der Waals surface area contributed by atoms with Crippen molar-refractivity contribution >= 4 is 11.9 Å². The van der Waals surface area contributed by atoms with E-state index in [0.717, 1.165) is 0 Å². The summed E-state index contributed by atoms with van der Waals surface area (Å²) in [5.41, 5.74) is 0.352. The first-order valence-corrected chi connectivity index (χ1v) is 6.44. The van der Waals surface area contributed by atoms with Gasteiger partial charge < -0.3 is 10.1 Å². The molecule has 1 atom stereocenters. The van der Waals surface area contributed by atoms with Gasteiger partial charge in [0.2, 0.25) is 5.91 Å². The molecule has 0 aliphatic rings. The molecule has 0 bridgehead atoms. The van der Waals surface area contributed by atoms with E-state index < -0.39 is 12.0 Å². The summed E-state index contributed by atoms with van der Waals surface area (Å²) in [5, 5.41) is 6.85. The molecule has 0 aliphatic carbocycles. The van der Waals surface area contributed by atoms with Crippen LogP contribution in [0.4, 0.5) is 0 Å². The van der Waals surface area contributed by atoms with Gasteiger partial charge in [0.25, 0.3) is 0 Å². The Morgan fingerprint density at radius 3 is 2.68 bits per heavy atom. The monoisotopic (exact) mass is 267 g/mol. The summed E-state index contributed by atoms with van der Waals surface area (Å²) >= 11 is 0. The molecule has 1 amide bonds. The fraction of sp³-hybridized carbons (Fsp3) is 0.615. The van der Waals surface area contributed by atoms with E-state index in [1.165, 1.54) is 17.1 Å². The first-order chi connectivity index (χ1) is 8.95. The molecule has 0 saturated carbocycles. The highest BCUT2D eigenvalue weighted by molar-refractivity contribution is 5.89. The maximum absolute atomic E-state index is 11.9. The Labute approximate surface area is 113 Å². The Kier molecular flexibility index (Phi) is 5.54. The average molecular weight is 267 g/mol. The van der Waals surface area contributed by atoms with Crippen molar-refractivity contribution in [3.63, 3.8) is 0 Å². The Balaban J connectivity index is 2.64. The maximum Gasteiger partial charge on any atom is 0.341 e. The first kappa shape index (κ1) is 15.2. The molecule has 0 spiro atoms. The number of hydrogen-bond acceptors (Lipinski definition) is 4. The summed E-state index contributed by atoms with van der Waals surface area (Å²) in [6, 6.07) is -0.457. The van der Waals surface area contributed by atoms with E-state index in [2.05, 4.69) is 10.4 Å². The van der Waals surface area contributed by atoms with Crippen LogP contribution in [-0.2, 0) is 9.53 Å². The van der Waals surface area contributed by atoms with Crippen LogP contribution in [0.5, 0.6) is 0 Å². The van der Waals surface area contributed by atoms with Gasteiger partial charge in [-0.05, 0) is 19.8 Å². The zero-order valence-corrected chi connectivity index (χ0v) is 11.8. The lowest BCUT2D eigenvalue weighted by molar-refractivity contribution is -0.124. The molecule has 1 unspecified atom stereocenters. The SMILES string of the molecule is CCOC(=O)c1cnn(C(C)C(=O)NCC(C)C)c1. The van der Waals surface area contributed by atoms with Crippen molar-refractivity contribution in [3.8, 4) is 0 Å². The Morgan fingerprint density at radius 1 is 1.42 bits per heavy atom. The number of nitrogens with zero attached hydrogens (tertiary/aromatic N) is 2. The number of aromatic nitrogens is 2. The summed E-state index contributed by atoms with van der Waals surface area (Å²) in [6.45, 7) is 8.46. The van der Waals surface area contributed by atoms with Gasteiger partial charge in [-0.15, -0.1) is 0 Å². The van der Waals surface area contributed by atoms with Gasteiger partial charge in [0.15, 0.2) is 0 Å². The van der Waals surface area contributed by atoms with Crippen LogP contribution in [0.2, 0.25) is 0 Å². The number of esters is 1. The first-order valence-electron chi connectivity index (χ1n) is 6.44. The van der Waals surface area contributed by atoms with E-state index in [0.29, 0.717) is 24.6 Å². The van der Waals surface area contributed by atoms with Gasteiger partial charge in [-0.2, -0.15) is 5.10 Å². The highest BCUT2D eigenvalue weighted by Gasteiger charge is 2.18. The number of ether oxygens (including phenoxy) is 1. The number of amides is 1. The number of rotatable bonds is 6. The number of carbonyl (C=O) groups excluding carboxylic acids is 2. The van der Waals surface area contributed by atoms with Gasteiger partial charge >= 0.3 is 5.97 Å².